The summed E-state index contributed by atoms with van der Waals surface area (Å²) in [6.45, 7) is 14.0. The predicted octanol–water partition coefficient (Wildman–Crippen LogP) is 5.82. The second-order valence-electron chi connectivity index (χ2n) is 9.70. The van der Waals surface area contributed by atoms with Crippen molar-refractivity contribution in [1.29, 1.82) is 0 Å². The Balaban J connectivity index is 1.70. The second kappa shape index (κ2) is 10.0. The van der Waals surface area contributed by atoms with Crippen LogP contribution >= 0.6 is 0 Å². The monoisotopic (exact) mass is 448 g/mol. The van der Waals surface area contributed by atoms with Crippen molar-refractivity contribution in [3.8, 4) is 0 Å². The summed E-state index contributed by atoms with van der Waals surface area (Å²) in [6, 6.07) is 8.53. The Kier molecular flexibility index (Phi) is 7.08. The molecule has 2 heterocycles. The van der Waals surface area contributed by atoms with Crippen LogP contribution in [0.2, 0.25) is 0 Å². The predicted molar refractivity (Wildman–Crippen MR) is 135 cm³/mol. The Morgan fingerprint density at radius 3 is 2.52 bits per heavy atom. The van der Waals surface area contributed by atoms with E-state index in [2.05, 4.69) is 73.9 Å². The summed E-state index contributed by atoms with van der Waals surface area (Å²) in [5.41, 5.74) is 5.76. The van der Waals surface area contributed by atoms with E-state index in [1.54, 1.807) is 6.08 Å². The molecule has 1 saturated heterocycles. The highest BCUT2D eigenvalue weighted by molar-refractivity contribution is 5.83. The third-order valence-corrected chi connectivity index (χ3v) is 6.64. The van der Waals surface area contributed by atoms with Crippen LogP contribution in [0.1, 0.15) is 46.3 Å². The van der Waals surface area contributed by atoms with Gasteiger partial charge in [-0.15, -0.1) is 0 Å². The molecule has 1 fully saturated rings. The van der Waals surface area contributed by atoms with Crippen molar-refractivity contribution >= 4 is 29.0 Å². The molecule has 0 atom stereocenters. The average Bonchev–Trinajstić information content (AvgIpc) is 3.21. The van der Waals surface area contributed by atoms with Gasteiger partial charge in [0.25, 0.3) is 0 Å². The topological polar surface area (TPSA) is 45.9 Å². The van der Waals surface area contributed by atoms with Crippen LogP contribution in [0, 0.1) is 5.41 Å². The maximum atomic E-state index is 11.4. The molecule has 1 aliphatic carbocycles. The molecule has 0 unspecified atom stereocenters. The van der Waals surface area contributed by atoms with Crippen molar-refractivity contribution < 1.29 is 13.9 Å². The number of furan rings is 1. The summed E-state index contributed by atoms with van der Waals surface area (Å²) in [7, 11) is 0. The van der Waals surface area contributed by atoms with E-state index in [0.717, 1.165) is 80.8 Å². The molecule has 1 aromatic carbocycles. The molecule has 33 heavy (non-hydrogen) atoms. The first-order valence-corrected chi connectivity index (χ1v) is 12.1. The van der Waals surface area contributed by atoms with Crippen molar-refractivity contribution in [2.75, 3.05) is 44.3 Å². The summed E-state index contributed by atoms with van der Waals surface area (Å²) >= 11 is 0. The third kappa shape index (κ3) is 5.25. The maximum Gasteiger partial charge on any atom is 0.143 e. The Morgan fingerprint density at radius 1 is 1.06 bits per heavy atom. The molecule has 0 spiro atoms. The van der Waals surface area contributed by atoms with Crippen molar-refractivity contribution in [2.45, 2.75) is 40.5 Å². The average molecular weight is 449 g/mol. The van der Waals surface area contributed by atoms with Gasteiger partial charge in [0.05, 0.1) is 13.2 Å². The van der Waals surface area contributed by atoms with Crippen molar-refractivity contribution in [3.63, 3.8) is 0 Å². The number of carbonyl (C=O) groups is 1. The van der Waals surface area contributed by atoms with E-state index in [0.29, 0.717) is 0 Å². The van der Waals surface area contributed by atoms with Gasteiger partial charge >= 0.3 is 0 Å². The third-order valence-electron chi connectivity index (χ3n) is 6.64. The molecular weight excluding hydrogens is 412 g/mol. The Bertz CT molecular complexity index is 1080. The van der Waals surface area contributed by atoms with E-state index in [1.165, 1.54) is 17.0 Å². The van der Waals surface area contributed by atoms with E-state index in [-0.39, 0.29) is 5.41 Å². The summed E-state index contributed by atoms with van der Waals surface area (Å²) in [4.78, 5) is 16.1. The lowest BCUT2D eigenvalue weighted by Crippen LogP contribution is -2.39. The van der Waals surface area contributed by atoms with Crippen LogP contribution in [0.25, 0.3) is 17.0 Å². The standard InChI is InChI=1S/C28H36N2O3/c1-5-29(6-2)24-9-7-21-17-25(33-26(21)18-24)10-8-22-19-28(3,4)20-23(11-14-31)27(22)30-12-15-32-16-13-30/h7-11,14,17-18H,5-6,12-13,15-16,19-20H2,1-4H3. The molecule has 176 valence electrons. The number of hydrogen-bond acceptors (Lipinski definition) is 5. The van der Waals surface area contributed by atoms with Crippen LogP contribution < -0.4 is 4.90 Å². The van der Waals surface area contributed by atoms with Gasteiger partial charge in [-0.2, -0.15) is 0 Å². The minimum Gasteiger partial charge on any atom is -0.457 e. The Labute approximate surface area is 197 Å². The van der Waals surface area contributed by atoms with E-state index in [9.17, 15) is 4.79 Å². The molecular formula is C28H36N2O3. The van der Waals surface area contributed by atoms with Gasteiger partial charge < -0.3 is 19.0 Å². The quantitative estimate of drug-likeness (QED) is 0.394. The van der Waals surface area contributed by atoms with Crippen molar-refractivity contribution in [1.82, 2.24) is 4.90 Å². The van der Waals surface area contributed by atoms with Gasteiger partial charge in [-0.1, -0.05) is 19.9 Å². The van der Waals surface area contributed by atoms with Gasteiger partial charge in [0.1, 0.15) is 17.6 Å². The first kappa shape index (κ1) is 23.4. The summed E-state index contributed by atoms with van der Waals surface area (Å²) in [5.74, 6) is 0.847. The molecule has 0 amide bonds. The number of anilines is 1. The van der Waals surface area contributed by atoms with Crippen molar-refractivity contribution in [2.24, 2.45) is 5.41 Å². The summed E-state index contributed by atoms with van der Waals surface area (Å²) in [5, 5.41) is 1.11. The fourth-order valence-electron chi connectivity index (χ4n) is 5.11. The highest BCUT2D eigenvalue weighted by Crippen LogP contribution is 2.43. The smallest absolute Gasteiger partial charge is 0.143 e. The number of aldehydes is 1. The molecule has 2 aliphatic rings. The molecule has 5 heteroatoms. The van der Waals surface area contributed by atoms with Crippen LogP contribution in [0.3, 0.4) is 0 Å². The van der Waals surface area contributed by atoms with Crippen LogP contribution in [0.5, 0.6) is 0 Å². The zero-order valence-electron chi connectivity index (χ0n) is 20.4. The first-order valence-electron chi connectivity index (χ1n) is 12.1. The van der Waals surface area contributed by atoms with Crippen LogP contribution in [0.4, 0.5) is 5.69 Å². The van der Waals surface area contributed by atoms with Gasteiger partial charge in [-0.25, -0.2) is 0 Å². The van der Waals surface area contributed by atoms with E-state index >= 15 is 0 Å². The molecule has 5 nitrogen and oxygen atoms in total. The largest absolute Gasteiger partial charge is 0.457 e. The second-order valence-corrected chi connectivity index (χ2v) is 9.70. The fourth-order valence-corrected chi connectivity index (χ4v) is 5.11. The highest BCUT2D eigenvalue weighted by atomic mass is 16.5. The van der Waals surface area contributed by atoms with E-state index in [1.807, 2.05) is 0 Å². The Hall–Kier alpha value is -2.79. The number of ether oxygens (including phenoxy) is 1. The molecule has 0 radical (unpaired) electrons. The molecule has 1 aromatic heterocycles. The SMILES string of the molecule is CCN(CC)c1ccc2cc(C=CC3=C(N4CCOCC4)C(=CC=O)CC(C)(C)C3)oc2c1. The van der Waals surface area contributed by atoms with Gasteiger partial charge in [0.15, 0.2) is 0 Å². The lowest BCUT2D eigenvalue weighted by Gasteiger charge is -2.40. The number of rotatable bonds is 7. The molecule has 2 aromatic rings. The van der Waals surface area contributed by atoms with Crippen LogP contribution in [-0.2, 0) is 9.53 Å². The minimum absolute atomic E-state index is 0.0941. The number of fused-ring (bicyclic) bond motifs is 1. The van der Waals surface area contributed by atoms with Crippen LogP contribution in [-0.4, -0.2) is 50.6 Å². The van der Waals surface area contributed by atoms with Crippen molar-refractivity contribution in [3.05, 3.63) is 59.0 Å². The van der Waals surface area contributed by atoms with Gasteiger partial charge in [-0.3, -0.25) is 4.79 Å². The number of carbonyl (C=O) groups excluding carboxylic acids is 1. The van der Waals surface area contributed by atoms with Gasteiger partial charge in [0, 0.05) is 49.0 Å². The lowest BCUT2D eigenvalue weighted by atomic mass is 9.73. The number of hydrogen-bond donors (Lipinski definition) is 0. The molecule has 0 bridgehead atoms. The van der Waals surface area contributed by atoms with Gasteiger partial charge in [0.2, 0.25) is 0 Å². The van der Waals surface area contributed by atoms with E-state index < -0.39 is 0 Å². The summed E-state index contributed by atoms with van der Waals surface area (Å²) < 4.78 is 11.8. The van der Waals surface area contributed by atoms with Crippen LogP contribution in [0.15, 0.2) is 57.7 Å². The van der Waals surface area contributed by atoms with Gasteiger partial charge in [-0.05, 0) is 73.6 Å². The first-order chi connectivity index (χ1) is 15.9. The number of allylic oxidation sites excluding steroid dienone is 4. The fraction of sp³-hybridized carbons (Fsp3) is 0.464. The maximum absolute atomic E-state index is 11.4. The zero-order valence-corrected chi connectivity index (χ0v) is 20.4. The number of nitrogens with zero attached hydrogens (tertiary/aromatic N) is 2. The lowest BCUT2D eigenvalue weighted by molar-refractivity contribution is -0.104. The number of morpholine rings is 1. The molecule has 1 aliphatic heterocycles. The molecule has 0 N–H and O–H groups in total. The molecule has 4 rings (SSSR count). The zero-order chi connectivity index (χ0) is 23.4. The van der Waals surface area contributed by atoms with E-state index in [4.69, 9.17) is 9.15 Å². The minimum atomic E-state index is 0.0941. The molecule has 0 saturated carbocycles. The summed E-state index contributed by atoms with van der Waals surface area (Å²) in [6.07, 6.45) is 8.79. The highest BCUT2D eigenvalue weighted by Gasteiger charge is 2.32. The Morgan fingerprint density at radius 2 is 1.82 bits per heavy atom. The normalized spacial score (nSPS) is 20.2. The number of benzene rings is 1.